The third kappa shape index (κ3) is 6.42. The van der Waals surface area contributed by atoms with Gasteiger partial charge in [-0.3, -0.25) is 9.59 Å². The van der Waals surface area contributed by atoms with Crippen LogP contribution in [0.5, 0.6) is 0 Å². The number of nitrogens with zero attached hydrogens (tertiary/aromatic N) is 1. The molecular formula is C20H21ClN2O4. The molecule has 0 aromatic heterocycles. The minimum absolute atomic E-state index is 0.120. The van der Waals surface area contributed by atoms with Crippen molar-refractivity contribution in [3.05, 3.63) is 64.7 Å². The zero-order valence-electron chi connectivity index (χ0n) is 15.2. The van der Waals surface area contributed by atoms with Gasteiger partial charge in [0.2, 0.25) is 11.8 Å². The quantitative estimate of drug-likeness (QED) is 0.736. The summed E-state index contributed by atoms with van der Waals surface area (Å²) in [6.07, 6.45) is 0.135. The number of hydrogen-bond donors (Lipinski definition) is 1. The lowest BCUT2D eigenvalue weighted by Crippen LogP contribution is -2.31. The highest BCUT2D eigenvalue weighted by atomic mass is 35.5. The first-order valence-corrected chi connectivity index (χ1v) is 8.75. The fraction of sp³-hybridized carbons (Fsp3) is 0.250. The Balaban J connectivity index is 1.93. The van der Waals surface area contributed by atoms with E-state index < -0.39 is 5.97 Å². The molecule has 1 N–H and O–H groups in total. The van der Waals surface area contributed by atoms with Gasteiger partial charge >= 0.3 is 5.97 Å². The summed E-state index contributed by atoms with van der Waals surface area (Å²) < 4.78 is 4.66. The average Bonchev–Trinajstić information content (AvgIpc) is 2.66. The summed E-state index contributed by atoms with van der Waals surface area (Å²) in [5.41, 5.74) is 1.78. The predicted octanol–water partition coefficient (Wildman–Crippen LogP) is 3.50. The van der Waals surface area contributed by atoms with E-state index in [0.29, 0.717) is 22.8 Å². The first kappa shape index (κ1) is 20.5. The molecule has 2 rings (SSSR count). The van der Waals surface area contributed by atoms with Gasteiger partial charge in [0.15, 0.2) is 0 Å². The molecule has 6 nitrogen and oxygen atoms in total. The summed E-state index contributed by atoms with van der Waals surface area (Å²) >= 11 is 5.87. The molecule has 0 saturated heterocycles. The van der Waals surface area contributed by atoms with Crippen molar-refractivity contribution < 1.29 is 19.1 Å². The smallest absolute Gasteiger partial charge is 0.337 e. The number of carbonyl (C=O) groups excluding carboxylic acids is 3. The van der Waals surface area contributed by atoms with E-state index >= 15 is 0 Å². The maximum Gasteiger partial charge on any atom is 0.337 e. The highest BCUT2D eigenvalue weighted by Gasteiger charge is 2.13. The van der Waals surface area contributed by atoms with Gasteiger partial charge in [-0.05, 0) is 35.9 Å². The largest absolute Gasteiger partial charge is 0.465 e. The van der Waals surface area contributed by atoms with Crippen molar-refractivity contribution >= 4 is 35.1 Å². The molecule has 2 aromatic carbocycles. The van der Waals surface area contributed by atoms with Crippen LogP contribution in [0.4, 0.5) is 5.69 Å². The molecule has 2 aromatic rings. The predicted molar refractivity (Wildman–Crippen MR) is 104 cm³/mol. The number of nitrogens with one attached hydrogen (secondary N) is 1. The molecule has 0 atom stereocenters. The summed E-state index contributed by atoms with van der Waals surface area (Å²) in [6.45, 7) is 2.14. The topological polar surface area (TPSA) is 75.7 Å². The molecule has 0 aliphatic rings. The Morgan fingerprint density at radius 2 is 1.81 bits per heavy atom. The van der Waals surface area contributed by atoms with Gasteiger partial charge in [-0.1, -0.05) is 29.8 Å². The Kier molecular flexibility index (Phi) is 7.37. The number of methoxy groups -OCH3 is 1. The Labute approximate surface area is 163 Å². The van der Waals surface area contributed by atoms with E-state index in [-0.39, 0.29) is 24.8 Å². The van der Waals surface area contributed by atoms with Gasteiger partial charge in [0.1, 0.15) is 0 Å². The van der Waals surface area contributed by atoms with Crippen molar-refractivity contribution in [2.75, 3.05) is 19.0 Å². The number of ether oxygens (including phenoxy) is 1. The molecule has 0 aliphatic heterocycles. The second kappa shape index (κ2) is 9.73. The van der Waals surface area contributed by atoms with Crippen molar-refractivity contribution in [2.24, 2.45) is 0 Å². The van der Waals surface area contributed by atoms with Crippen LogP contribution in [0.25, 0.3) is 0 Å². The summed E-state index contributed by atoms with van der Waals surface area (Å²) in [5.74, 6) is -0.846. The van der Waals surface area contributed by atoms with Gasteiger partial charge in [-0.15, -0.1) is 0 Å². The van der Waals surface area contributed by atoms with Crippen LogP contribution in [0, 0.1) is 0 Å². The Morgan fingerprint density at radius 3 is 2.44 bits per heavy atom. The number of rotatable bonds is 7. The molecule has 2 amide bonds. The van der Waals surface area contributed by atoms with Crippen LogP contribution in [-0.2, 0) is 20.9 Å². The number of carbonyl (C=O) groups is 3. The lowest BCUT2D eigenvalue weighted by molar-refractivity contribution is -0.129. The van der Waals surface area contributed by atoms with Crippen molar-refractivity contribution in [1.82, 2.24) is 4.90 Å². The molecule has 0 heterocycles. The van der Waals surface area contributed by atoms with Crippen LogP contribution in [0.3, 0.4) is 0 Å². The maximum absolute atomic E-state index is 12.2. The van der Waals surface area contributed by atoms with Gasteiger partial charge in [0.25, 0.3) is 0 Å². The molecule has 7 heteroatoms. The SMILES string of the molecule is COC(=O)c1cccc(NC(=O)CCN(Cc2ccc(Cl)cc2)C(C)=O)c1. The third-order valence-electron chi connectivity index (χ3n) is 3.91. The normalized spacial score (nSPS) is 10.2. The van der Waals surface area contributed by atoms with Crippen LogP contribution in [0.1, 0.15) is 29.3 Å². The third-order valence-corrected chi connectivity index (χ3v) is 4.16. The van der Waals surface area contributed by atoms with Crippen LogP contribution >= 0.6 is 11.6 Å². The first-order valence-electron chi connectivity index (χ1n) is 8.37. The van der Waals surface area contributed by atoms with Crippen molar-refractivity contribution in [1.29, 1.82) is 0 Å². The average molecular weight is 389 g/mol. The maximum atomic E-state index is 12.2. The number of benzene rings is 2. The van der Waals surface area contributed by atoms with Gasteiger partial charge in [-0.25, -0.2) is 4.79 Å². The number of halogens is 1. The molecule has 0 saturated carbocycles. The number of amides is 2. The highest BCUT2D eigenvalue weighted by Crippen LogP contribution is 2.14. The lowest BCUT2D eigenvalue weighted by atomic mass is 10.2. The van der Waals surface area contributed by atoms with Crippen molar-refractivity contribution in [2.45, 2.75) is 19.9 Å². The van der Waals surface area contributed by atoms with E-state index in [4.69, 9.17) is 11.6 Å². The zero-order chi connectivity index (χ0) is 19.8. The first-order chi connectivity index (χ1) is 12.9. The summed E-state index contributed by atoms with van der Waals surface area (Å²) in [7, 11) is 1.30. The Hall–Kier alpha value is -2.86. The van der Waals surface area contributed by atoms with E-state index in [1.807, 2.05) is 12.1 Å². The van der Waals surface area contributed by atoms with Crippen LogP contribution in [-0.4, -0.2) is 36.3 Å². The number of esters is 1. The fourth-order valence-electron chi connectivity index (χ4n) is 2.46. The number of anilines is 1. The fourth-order valence-corrected chi connectivity index (χ4v) is 2.59. The zero-order valence-corrected chi connectivity index (χ0v) is 16.0. The number of hydrogen-bond acceptors (Lipinski definition) is 4. The molecule has 27 heavy (non-hydrogen) atoms. The Morgan fingerprint density at radius 1 is 1.11 bits per heavy atom. The molecular weight excluding hydrogens is 368 g/mol. The summed E-state index contributed by atoms with van der Waals surface area (Å²) in [6, 6.07) is 13.7. The second-order valence-electron chi connectivity index (χ2n) is 5.94. The summed E-state index contributed by atoms with van der Waals surface area (Å²) in [4.78, 5) is 37.2. The molecule has 0 radical (unpaired) electrons. The lowest BCUT2D eigenvalue weighted by Gasteiger charge is -2.21. The molecule has 142 valence electrons. The molecule has 0 aliphatic carbocycles. The minimum atomic E-state index is -0.475. The van der Waals surface area contributed by atoms with E-state index in [2.05, 4.69) is 10.1 Å². The van der Waals surface area contributed by atoms with Crippen LogP contribution < -0.4 is 5.32 Å². The van der Waals surface area contributed by atoms with Crippen LogP contribution in [0.15, 0.2) is 48.5 Å². The van der Waals surface area contributed by atoms with E-state index in [0.717, 1.165) is 5.56 Å². The van der Waals surface area contributed by atoms with Gasteiger partial charge in [0.05, 0.1) is 12.7 Å². The monoisotopic (exact) mass is 388 g/mol. The summed E-state index contributed by atoms with van der Waals surface area (Å²) in [5, 5.41) is 3.35. The van der Waals surface area contributed by atoms with Crippen molar-refractivity contribution in [3.63, 3.8) is 0 Å². The molecule has 0 bridgehead atoms. The van der Waals surface area contributed by atoms with E-state index in [1.165, 1.54) is 14.0 Å². The molecule has 0 unspecified atom stereocenters. The Bertz CT molecular complexity index is 821. The van der Waals surface area contributed by atoms with Gasteiger partial charge in [0, 0.05) is 37.1 Å². The van der Waals surface area contributed by atoms with Gasteiger partial charge in [-0.2, -0.15) is 0 Å². The van der Waals surface area contributed by atoms with Crippen LogP contribution in [0.2, 0.25) is 5.02 Å². The van der Waals surface area contributed by atoms with E-state index in [9.17, 15) is 14.4 Å². The molecule has 0 spiro atoms. The second-order valence-corrected chi connectivity index (χ2v) is 6.37. The minimum Gasteiger partial charge on any atom is -0.465 e. The molecule has 0 fully saturated rings. The standard InChI is InChI=1S/C20H21ClN2O4/c1-14(24)23(13-15-6-8-17(21)9-7-15)11-10-19(25)22-18-5-3-4-16(12-18)20(26)27-2/h3-9,12H,10-11,13H2,1-2H3,(H,22,25). The van der Waals surface area contributed by atoms with E-state index in [1.54, 1.807) is 41.3 Å². The highest BCUT2D eigenvalue weighted by molar-refractivity contribution is 6.30. The van der Waals surface area contributed by atoms with Crippen molar-refractivity contribution in [3.8, 4) is 0 Å². The van der Waals surface area contributed by atoms with Gasteiger partial charge < -0.3 is 15.0 Å².